The van der Waals surface area contributed by atoms with Gasteiger partial charge >= 0.3 is 0 Å². The van der Waals surface area contributed by atoms with E-state index in [1.807, 2.05) is 42.1 Å². The maximum Gasteiger partial charge on any atom is 0.119 e. The predicted octanol–water partition coefficient (Wildman–Crippen LogP) is 2.30. The highest BCUT2D eigenvalue weighted by molar-refractivity contribution is 7.99. The van der Waals surface area contributed by atoms with Crippen molar-refractivity contribution in [2.24, 2.45) is 0 Å². The van der Waals surface area contributed by atoms with Crippen molar-refractivity contribution in [1.82, 2.24) is 5.32 Å². The lowest BCUT2D eigenvalue weighted by molar-refractivity contribution is 0.106. The quantitative estimate of drug-likeness (QED) is 0.805. The van der Waals surface area contributed by atoms with Gasteiger partial charge in [-0.15, -0.1) is 0 Å². The topological polar surface area (TPSA) is 41.5 Å². The van der Waals surface area contributed by atoms with E-state index in [1.54, 1.807) is 0 Å². The number of benzene rings is 1. The Kier molecular flexibility index (Phi) is 6.54. The van der Waals surface area contributed by atoms with Crippen molar-refractivity contribution in [3.63, 3.8) is 0 Å². The second-order valence-electron chi connectivity index (χ2n) is 4.92. The van der Waals surface area contributed by atoms with Crippen molar-refractivity contribution in [3.8, 4) is 5.75 Å². The molecule has 1 aromatic rings. The first kappa shape index (κ1) is 14.7. The van der Waals surface area contributed by atoms with E-state index in [-0.39, 0.29) is 0 Å². The van der Waals surface area contributed by atoms with Crippen molar-refractivity contribution in [3.05, 3.63) is 30.3 Å². The normalized spacial score (nSPS) is 21.0. The number of hydrogen-bond donors (Lipinski definition) is 2. The minimum absolute atomic E-state index is 0.342. The Morgan fingerprint density at radius 2 is 2.16 bits per heavy atom. The molecular formula is C15H23NO2S. The van der Waals surface area contributed by atoms with E-state index < -0.39 is 6.10 Å². The van der Waals surface area contributed by atoms with Crippen LogP contribution in [0.3, 0.4) is 0 Å². The molecule has 1 fully saturated rings. The summed E-state index contributed by atoms with van der Waals surface area (Å²) in [7, 11) is 0. The second-order valence-corrected chi connectivity index (χ2v) is 6.33. The number of hydrogen-bond acceptors (Lipinski definition) is 4. The van der Waals surface area contributed by atoms with Crippen LogP contribution in [0, 0.1) is 0 Å². The SMILES string of the molecule is OC(CNCC1CCCCS1)COc1ccccc1. The van der Waals surface area contributed by atoms with Gasteiger partial charge in [-0.1, -0.05) is 24.6 Å². The van der Waals surface area contributed by atoms with Crippen molar-refractivity contribution >= 4 is 11.8 Å². The number of aliphatic hydroxyl groups is 1. The van der Waals surface area contributed by atoms with Crippen LogP contribution < -0.4 is 10.1 Å². The summed E-state index contributed by atoms with van der Waals surface area (Å²) in [5.74, 6) is 2.09. The molecule has 1 heterocycles. The molecule has 2 N–H and O–H groups in total. The third-order valence-corrected chi connectivity index (χ3v) is 4.61. The summed E-state index contributed by atoms with van der Waals surface area (Å²) in [6.45, 7) is 1.94. The summed E-state index contributed by atoms with van der Waals surface area (Å²) in [6, 6.07) is 9.62. The highest BCUT2D eigenvalue weighted by atomic mass is 32.2. The average Bonchev–Trinajstić information content (AvgIpc) is 2.47. The molecule has 2 rings (SSSR count). The Morgan fingerprint density at radius 1 is 1.32 bits per heavy atom. The number of aliphatic hydroxyl groups excluding tert-OH is 1. The van der Waals surface area contributed by atoms with E-state index in [0.29, 0.717) is 13.2 Å². The van der Waals surface area contributed by atoms with E-state index in [2.05, 4.69) is 5.32 Å². The Morgan fingerprint density at radius 3 is 2.89 bits per heavy atom. The summed E-state index contributed by atoms with van der Waals surface area (Å²) in [5.41, 5.74) is 0. The standard InChI is InChI=1S/C15H23NO2S/c17-13(12-18-14-6-2-1-3-7-14)10-16-11-15-8-4-5-9-19-15/h1-3,6-7,13,15-17H,4-5,8-12H2. The lowest BCUT2D eigenvalue weighted by Gasteiger charge is -2.22. The second kappa shape index (κ2) is 8.46. The molecule has 1 saturated heterocycles. The van der Waals surface area contributed by atoms with Gasteiger partial charge in [0, 0.05) is 18.3 Å². The molecule has 3 nitrogen and oxygen atoms in total. The molecule has 2 atom stereocenters. The van der Waals surface area contributed by atoms with Crippen LogP contribution in [-0.4, -0.2) is 41.9 Å². The third kappa shape index (κ3) is 5.85. The van der Waals surface area contributed by atoms with Gasteiger partial charge < -0.3 is 15.2 Å². The zero-order valence-electron chi connectivity index (χ0n) is 11.3. The van der Waals surface area contributed by atoms with Crippen LogP contribution in [-0.2, 0) is 0 Å². The van der Waals surface area contributed by atoms with Gasteiger partial charge in [-0.2, -0.15) is 11.8 Å². The van der Waals surface area contributed by atoms with E-state index in [9.17, 15) is 5.11 Å². The molecule has 0 radical (unpaired) electrons. The van der Waals surface area contributed by atoms with Gasteiger partial charge in [0.2, 0.25) is 0 Å². The number of ether oxygens (including phenoxy) is 1. The molecule has 0 saturated carbocycles. The first-order valence-electron chi connectivity index (χ1n) is 7.03. The molecule has 0 aliphatic carbocycles. The van der Waals surface area contributed by atoms with Gasteiger partial charge in [-0.05, 0) is 30.7 Å². The monoisotopic (exact) mass is 281 g/mol. The fraction of sp³-hybridized carbons (Fsp3) is 0.600. The van der Waals surface area contributed by atoms with Crippen LogP contribution in [0.2, 0.25) is 0 Å². The maximum atomic E-state index is 9.85. The number of para-hydroxylation sites is 1. The summed E-state index contributed by atoms with van der Waals surface area (Å²) >= 11 is 2.05. The highest BCUT2D eigenvalue weighted by Gasteiger charge is 2.14. The Hall–Kier alpha value is -0.710. The molecule has 4 heteroatoms. The molecule has 106 valence electrons. The van der Waals surface area contributed by atoms with E-state index >= 15 is 0 Å². The van der Waals surface area contributed by atoms with Crippen LogP contribution in [0.25, 0.3) is 0 Å². The fourth-order valence-corrected chi connectivity index (χ4v) is 3.42. The van der Waals surface area contributed by atoms with Gasteiger partial charge in [0.15, 0.2) is 0 Å². The van der Waals surface area contributed by atoms with E-state index in [1.165, 1.54) is 25.0 Å². The smallest absolute Gasteiger partial charge is 0.119 e. The Balaban J connectivity index is 1.55. The molecule has 0 bridgehead atoms. The lowest BCUT2D eigenvalue weighted by atomic mass is 10.2. The van der Waals surface area contributed by atoms with E-state index in [4.69, 9.17) is 4.74 Å². The van der Waals surface area contributed by atoms with Gasteiger partial charge in [-0.25, -0.2) is 0 Å². The minimum Gasteiger partial charge on any atom is -0.491 e. The molecule has 0 spiro atoms. The van der Waals surface area contributed by atoms with Gasteiger partial charge in [-0.3, -0.25) is 0 Å². The number of rotatable bonds is 7. The van der Waals surface area contributed by atoms with Crippen molar-refractivity contribution < 1.29 is 9.84 Å². The first-order valence-corrected chi connectivity index (χ1v) is 8.07. The lowest BCUT2D eigenvalue weighted by Crippen LogP contribution is -2.35. The Labute approximate surface area is 119 Å². The molecule has 19 heavy (non-hydrogen) atoms. The molecule has 1 aliphatic heterocycles. The van der Waals surface area contributed by atoms with Crippen LogP contribution in [0.1, 0.15) is 19.3 Å². The summed E-state index contributed by atoms with van der Waals surface area (Å²) in [4.78, 5) is 0. The maximum absolute atomic E-state index is 9.85. The van der Waals surface area contributed by atoms with Gasteiger partial charge in [0.1, 0.15) is 18.5 Å². The van der Waals surface area contributed by atoms with E-state index in [0.717, 1.165) is 17.5 Å². The zero-order valence-corrected chi connectivity index (χ0v) is 12.1. The van der Waals surface area contributed by atoms with Crippen molar-refractivity contribution in [2.75, 3.05) is 25.4 Å². The molecule has 1 aromatic carbocycles. The third-order valence-electron chi connectivity index (χ3n) is 3.21. The zero-order chi connectivity index (χ0) is 13.3. The summed E-state index contributed by atoms with van der Waals surface area (Å²) < 4.78 is 5.52. The Bertz CT molecular complexity index is 341. The molecular weight excluding hydrogens is 258 g/mol. The van der Waals surface area contributed by atoms with Crippen molar-refractivity contribution in [1.29, 1.82) is 0 Å². The molecule has 2 unspecified atom stereocenters. The minimum atomic E-state index is -0.450. The molecule has 1 aliphatic rings. The number of nitrogens with one attached hydrogen (secondary N) is 1. The average molecular weight is 281 g/mol. The summed E-state index contributed by atoms with van der Waals surface area (Å²) in [5, 5.41) is 13.9. The van der Waals surface area contributed by atoms with Crippen LogP contribution in [0.15, 0.2) is 30.3 Å². The largest absolute Gasteiger partial charge is 0.491 e. The van der Waals surface area contributed by atoms with Crippen LogP contribution >= 0.6 is 11.8 Å². The molecule has 0 amide bonds. The van der Waals surface area contributed by atoms with Crippen molar-refractivity contribution in [2.45, 2.75) is 30.6 Å². The first-order chi connectivity index (χ1) is 9.34. The van der Waals surface area contributed by atoms with Gasteiger partial charge in [0.25, 0.3) is 0 Å². The summed E-state index contributed by atoms with van der Waals surface area (Å²) in [6.07, 6.45) is 3.55. The van der Waals surface area contributed by atoms with Crippen LogP contribution in [0.4, 0.5) is 0 Å². The molecule has 0 aromatic heterocycles. The van der Waals surface area contributed by atoms with Gasteiger partial charge in [0.05, 0.1) is 0 Å². The predicted molar refractivity (Wildman–Crippen MR) is 80.9 cm³/mol. The number of thioether (sulfide) groups is 1. The van der Waals surface area contributed by atoms with Crippen LogP contribution in [0.5, 0.6) is 5.75 Å². The fourth-order valence-electron chi connectivity index (χ4n) is 2.15. The highest BCUT2D eigenvalue weighted by Crippen LogP contribution is 2.24.